The molecule has 4 rings (SSSR count). The zero-order valence-corrected chi connectivity index (χ0v) is 21.6. The Kier molecular flexibility index (Phi) is 6.24. The van der Waals surface area contributed by atoms with Crippen LogP contribution in [0.3, 0.4) is 0 Å². The van der Waals surface area contributed by atoms with Crippen molar-refractivity contribution in [2.45, 2.75) is 56.5 Å². The number of nitrogens with one attached hydrogen (secondary N) is 1. The van der Waals surface area contributed by atoms with Crippen LogP contribution in [0.25, 0.3) is 0 Å². The molecule has 1 N–H and O–H groups in total. The van der Waals surface area contributed by atoms with E-state index in [1.807, 2.05) is 59.2 Å². The molecule has 1 saturated heterocycles. The Morgan fingerprint density at radius 3 is 1.50 bits per heavy atom. The summed E-state index contributed by atoms with van der Waals surface area (Å²) in [6, 6.07) is 32.0. The standard InChI is InChI=1S/C29H33N3OSi/c1-28(2,3)34(4,5)32-25(21-30)26(27(32)33)31-29(22-15-9-6-10-16-22,23-17-11-7-12-18-23)24-19-13-8-14-20-24/h6-20,25-26,31H,1-5H3/t25-,26+/m1/s1. The highest BCUT2D eigenvalue weighted by atomic mass is 28.3. The van der Waals surface area contributed by atoms with Crippen molar-refractivity contribution in [1.29, 1.82) is 5.26 Å². The summed E-state index contributed by atoms with van der Waals surface area (Å²) >= 11 is 0. The highest BCUT2D eigenvalue weighted by Crippen LogP contribution is 2.45. The fourth-order valence-electron chi connectivity index (χ4n) is 4.79. The third-order valence-electron chi connectivity index (χ3n) is 7.66. The van der Waals surface area contributed by atoms with Crippen molar-refractivity contribution in [3.8, 4) is 6.07 Å². The van der Waals surface area contributed by atoms with Gasteiger partial charge in [0.15, 0.2) is 8.24 Å². The Bertz CT molecular complexity index is 1080. The SMILES string of the molecule is CC(C)(C)[Si](C)(C)N1C(=O)[C@@H](NC(c2ccccc2)(c2ccccc2)c2ccccc2)[C@H]1C#N. The van der Waals surface area contributed by atoms with Crippen molar-refractivity contribution in [2.24, 2.45) is 0 Å². The second-order valence-corrected chi connectivity index (χ2v) is 15.7. The third-order valence-corrected chi connectivity index (χ3v) is 13.0. The predicted molar refractivity (Wildman–Crippen MR) is 140 cm³/mol. The molecule has 1 aliphatic rings. The van der Waals surface area contributed by atoms with Gasteiger partial charge in [-0.3, -0.25) is 10.1 Å². The smallest absolute Gasteiger partial charge is 0.236 e. The molecule has 1 aliphatic heterocycles. The minimum absolute atomic E-state index is 0.0188. The molecule has 0 aliphatic carbocycles. The molecular weight excluding hydrogens is 434 g/mol. The number of rotatable bonds is 6. The highest BCUT2D eigenvalue weighted by Gasteiger charge is 2.59. The van der Waals surface area contributed by atoms with E-state index in [4.69, 9.17) is 0 Å². The van der Waals surface area contributed by atoms with Gasteiger partial charge < -0.3 is 4.57 Å². The van der Waals surface area contributed by atoms with Crippen molar-refractivity contribution in [3.63, 3.8) is 0 Å². The van der Waals surface area contributed by atoms with Crippen LogP contribution in [0.1, 0.15) is 37.5 Å². The molecule has 1 fully saturated rings. The molecule has 34 heavy (non-hydrogen) atoms. The first-order valence-electron chi connectivity index (χ1n) is 11.8. The Morgan fingerprint density at radius 2 is 1.18 bits per heavy atom. The summed E-state index contributed by atoms with van der Waals surface area (Å²) in [5.41, 5.74) is 2.31. The van der Waals surface area contributed by atoms with E-state index < -0.39 is 25.9 Å². The predicted octanol–water partition coefficient (Wildman–Crippen LogP) is 5.68. The maximum absolute atomic E-state index is 13.7. The lowest BCUT2D eigenvalue weighted by Crippen LogP contribution is -2.79. The van der Waals surface area contributed by atoms with Gasteiger partial charge in [0.05, 0.1) is 11.6 Å². The van der Waals surface area contributed by atoms with Gasteiger partial charge in [-0.25, -0.2) is 0 Å². The molecule has 174 valence electrons. The molecule has 3 aromatic rings. The number of nitrogens with zero attached hydrogens (tertiary/aromatic N) is 2. The average molecular weight is 468 g/mol. The molecule has 0 unspecified atom stereocenters. The minimum atomic E-state index is -2.20. The molecular formula is C29H33N3OSi. The van der Waals surface area contributed by atoms with E-state index in [1.54, 1.807) is 0 Å². The molecule has 4 nitrogen and oxygen atoms in total. The van der Waals surface area contributed by atoms with Crippen molar-refractivity contribution in [2.75, 3.05) is 0 Å². The number of nitriles is 1. The first kappa shape index (κ1) is 23.9. The molecule has 0 bridgehead atoms. The molecule has 0 spiro atoms. The monoisotopic (exact) mass is 467 g/mol. The first-order chi connectivity index (χ1) is 16.1. The topological polar surface area (TPSA) is 56.1 Å². The summed E-state index contributed by atoms with van der Waals surface area (Å²) in [5.74, 6) is 0.0188. The number of carbonyl (C=O) groups excluding carboxylic acids is 1. The van der Waals surface area contributed by atoms with Gasteiger partial charge in [-0.15, -0.1) is 0 Å². The van der Waals surface area contributed by atoms with Crippen molar-refractivity contribution < 1.29 is 4.79 Å². The molecule has 1 heterocycles. The van der Waals surface area contributed by atoms with Gasteiger partial charge in [-0.2, -0.15) is 5.26 Å². The van der Waals surface area contributed by atoms with Crippen LogP contribution < -0.4 is 5.32 Å². The van der Waals surface area contributed by atoms with E-state index >= 15 is 0 Å². The fourth-order valence-corrected chi connectivity index (χ4v) is 7.11. The second kappa shape index (κ2) is 8.86. The summed E-state index contributed by atoms with van der Waals surface area (Å²) < 4.78 is 1.90. The lowest BCUT2D eigenvalue weighted by Gasteiger charge is -2.57. The minimum Gasteiger partial charge on any atom is -0.351 e. The zero-order chi connectivity index (χ0) is 24.6. The van der Waals surface area contributed by atoms with Crippen LogP contribution in [0.5, 0.6) is 0 Å². The van der Waals surface area contributed by atoms with Crippen LogP contribution in [-0.2, 0) is 10.3 Å². The number of amides is 1. The Hall–Kier alpha value is -3.20. The second-order valence-electron chi connectivity index (χ2n) is 10.6. The largest absolute Gasteiger partial charge is 0.351 e. The van der Waals surface area contributed by atoms with Gasteiger partial charge in [-0.1, -0.05) is 125 Å². The van der Waals surface area contributed by atoms with Gasteiger partial charge in [0.1, 0.15) is 12.1 Å². The molecule has 3 aromatic carbocycles. The molecule has 1 amide bonds. The summed E-state index contributed by atoms with van der Waals surface area (Å²) in [4.78, 5) is 13.7. The van der Waals surface area contributed by atoms with Crippen LogP contribution in [-0.4, -0.2) is 30.8 Å². The number of carbonyl (C=O) groups is 1. The normalized spacial score (nSPS) is 18.8. The van der Waals surface area contributed by atoms with Crippen LogP contribution in [0.2, 0.25) is 18.1 Å². The van der Waals surface area contributed by atoms with E-state index in [0.29, 0.717) is 0 Å². The van der Waals surface area contributed by atoms with E-state index in [9.17, 15) is 10.1 Å². The Labute approximate surface area is 204 Å². The van der Waals surface area contributed by atoms with Gasteiger partial charge in [0, 0.05) is 0 Å². The van der Waals surface area contributed by atoms with Crippen molar-refractivity contribution >= 4 is 14.1 Å². The number of hydrogen-bond acceptors (Lipinski definition) is 3. The van der Waals surface area contributed by atoms with Crippen LogP contribution in [0.15, 0.2) is 91.0 Å². The fraction of sp³-hybridized carbons (Fsp3) is 0.310. The summed E-state index contributed by atoms with van der Waals surface area (Å²) in [6.45, 7) is 10.9. The number of hydrogen-bond donors (Lipinski definition) is 1. The van der Waals surface area contributed by atoms with Crippen molar-refractivity contribution in [3.05, 3.63) is 108 Å². The Balaban J connectivity index is 1.87. The maximum atomic E-state index is 13.7. The van der Waals surface area contributed by atoms with Gasteiger partial charge in [0.2, 0.25) is 5.91 Å². The third kappa shape index (κ3) is 3.77. The lowest BCUT2D eigenvalue weighted by molar-refractivity contribution is -0.141. The van der Waals surface area contributed by atoms with Crippen molar-refractivity contribution in [1.82, 2.24) is 9.88 Å². The van der Waals surface area contributed by atoms with E-state index in [2.05, 4.69) is 81.6 Å². The van der Waals surface area contributed by atoms with E-state index in [-0.39, 0.29) is 10.9 Å². The lowest BCUT2D eigenvalue weighted by atomic mass is 9.75. The maximum Gasteiger partial charge on any atom is 0.236 e. The van der Waals surface area contributed by atoms with Crippen LogP contribution in [0.4, 0.5) is 0 Å². The summed E-state index contributed by atoms with van der Waals surface area (Å²) in [6.07, 6.45) is 0. The molecule has 5 heteroatoms. The Morgan fingerprint density at radius 1 is 0.794 bits per heavy atom. The quantitative estimate of drug-likeness (QED) is 0.288. The van der Waals surface area contributed by atoms with Gasteiger partial charge in [0.25, 0.3) is 0 Å². The van der Waals surface area contributed by atoms with Crippen LogP contribution in [0, 0.1) is 11.3 Å². The van der Waals surface area contributed by atoms with Gasteiger partial charge >= 0.3 is 0 Å². The average Bonchev–Trinajstić information content (AvgIpc) is 2.84. The van der Waals surface area contributed by atoms with Crippen LogP contribution >= 0.6 is 0 Å². The molecule has 0 radical (unpaired) electrons. The van der Waals surface area contributed by atoms with Gasteiger partial charge in [-0.05, 0) is 21.7 Å². The highest BCUT2D eigenvalue weighted by molar-refractivity contribution is 6.80. The number of benzene rings is 3. The first-order valence-corrected chi connectivity index (χ1v) is 14.8. The molecule has 2 atom stereocenters. The summed E-state index contributed by atoms with van der Waals surface area (Å²) in [7, 11) is -2.20. The molecule has 0 saturated carbocycles. The van der Waals surface area contributed by atoms with E-state index in [0.717, 1.165) is 16.7 Å². The molecule has 0 aromatic heterocycles. The zero-order valence-electron chi connectivity index (χ0n) is 20.6. The number of β-lactam (4-membered cyclic amide) rings is 1. The van der Waals surface area contributed by atoms with E-state index in [1.165, 1.54) is 0 Å². The summed E-state index contributed by atoms with van der Waals surface area (Å²) in [5, 5.41) is 13.9.